The third-order valence-electron chi connectivity index (χ3n) is 2.53. The molecule has 0 spiro atoms. The topological polar surface area (TPSA) is 85.8 Å². The number of amides is 1. The predicted molar refractivity (Wildman–Crippen MR) is 75.4 cm³/mol. The van der Waals surface area contributed by atoms with Crippen LogP contribution >= 0.6 is 11.3 Å². The van der Waals surface area contributed by atoms with Gasteiger partial charge in [-0.2, -0.15) is 5.10 Å². The highest BCUT2D eigenvalue weighted by atomic mass is 32.1. The number of carbonyl (C=O) groups excluding carboxylic acids is 1. The fourth-order valence-electron chi connectivity index (χ4n) is 1.53. The van der Waals surface area contributed by atoms with E-state index < -0.39 is 0 Å². The predicted octanol–water partition coefficient (Wildman–Crippen LogP) is 1.67. The maximum absolute atomic E-state index is 12.0. The standard InChI is InChI=1S/C12H17N5OS/c1-8(2)17-6-9(5-14-17)15-12(18)10-7-19-11(16-10)3-4-13/h5-8H,3-4,13H2,1-2H3,(H,15,18). The first kappa shape index (κ1) is 13.7. The molecule has 2 aromatic rings. The summed E-state index contributed by atoms with van der Waals surface area (Å²) in [4.78, 5) is 16.2. The zero-order valence-electron chi connectivity index (χ0n) is 11.0. The normalized spacial score (nSPS) is 10.9. The third-order valence-corrected chi connectivity index (χ3v) is 3.44. The molecule has 0 aliphatic carbocycles. The number of hydrogen-bond acceptors (Lipinski definition) is 5. The van der Waals surface area contributed by atoms with Gasteiger partial charge in [-0.1, -0.05) is 0 Å². The third kappa shape index (κ3) is 3.39. The molecule has 0 aliphatic heterocycles. The van der Waals surface area contributed by atoms with Crippen molar-refractivity contribution < 1.29 is 4.79 Å². The molecule has 0 saturated heterocycles. The Hall–Kier alpha value is -1.73. The van der Waals surface area contributed by atoms with E-state index in [-0.39, 0.29) is 11.9 Å². The average Bonchev–Trinajstić information content (AvgIpc) is 2.98. The van der Waals surface area contributed by atoms with Crippen LogP contribution in [-0.4, -0.2) is 27.2 Å². The lowest BCUT2D eigenvalue weighted by Crippen LogP contribution is -2.12. The van der Waals surface area contributed by atoms with Crippen molar-refractivity contribution in [3.63, 3.8) is 0 Å². The molecule has 0 aliphatic rings. The summed E-state index contributed by atoms with van der Waals surface area (Å²) in [5, 5.41) is 9.57. The Morgan fingerprint density at radius 1 is 1.58 bits per heavy atom. The van der Waals surface area contributed by atoms with E-state index in [0.29, 0.717) is 24.3 Å². The molecular weight excluding hydrogens is 262 g/mol. The van der Waals surface area contributed by atoms with Crippen LogP contribution in [0.5, 0.6) is 0 Å². The number of rotatable bonds is 5. The van der Waals surface area contributed by atoms with Crippen molar-refractivity contribution >= 4 is 22.9 Å². The first-order valence-electron chi connectivity index (χ1n) is 6.10. The minimum atomic E-state index is -0.220. The van der Waals surface area contributed by atoms with Gasteiger partial charge < -0.3 is 11.1 Å². The second-order valence-corrected chi connectivity index (χ2v) is 5.36. The number of nitrogens with one attached hydrogen (secondary N) is 1. The minimum absolute atomic E-state index is 0.220. The molecule has 102 valence electrons. The summed E-state index contributed by atoms with van der Waals surface area (Å²) in [6.07, 6.45) is 4.13. The fraction of sp³-hybridized carbons (Fsp3) is 0.417. The highest BCUT2D eigenvalue weighted by molar-refractivity contribution is 7.09. The molecule has 0 radical (unpaired) electrons. The minimum Gasteiger partial charge on any atom is -0.330 e. The van der Waals surface area contributed by atoms with Crippen LogP contribution in [0.15, 0.2) is 17.8 Å². The highest BCUT2D eigenvalue weighted by Crippen LogP contribution is 2.14. The lowest BCUT2D eigenvalue weighted by Gasteiger charge is -2.03. The Morgan fingerprint density at radius 3 is 3.00 bits per heavy atom. The molecule has 2 rings (SSSR count). The van der Waals surface area contributed by atoms with Crippen molar-refractivity contribution in [1.29, 1.82) is 0 Å². The molecule has 3 N–H and O–H groups in total. The van der Waals surface area contributed by atoms with Gasteiger partial charge in [-0.3, -0.25) is 9.48 Å². The van der Waals surface area contributed by atoms with Gasteiger partial charge in [0.25, 0.3) is 5.91 Å². The number of anilines is 1. The van der Waals surface area contributed by atoms with Crippen LogP contribution in [0, 0.1) is 0 Å². The van der Waals surface area contributed by atoms with E-state index in [9.17, 15) is 4.79 Å². The van der Waals surface area contributed by atoms with Crippen molar-refractivity contribution in [2.45, 2.75) is 26.3 Å². The maximum Gasteiger partial charge on any atom is 0.275 e. The number of aromatic nitrogens is 3. The van der Waals surface area contributed by atoms with Gasteiger partial charge in [-0.25, -0.2) is 4.98 Å². The molecule has 6 nitrogen and oxygen atoms in total. The summed E-state index contributed by atoms with van der Waals surface area (Å²) in [5.41, 5.74) is 6.55. The molecule has 0 aromatic carbocycles. The van der Waals surface area contributed by atoms with Crippen LogP contribution in [0.1, 0.15) is 35.4 Å². The zero-order valence-corrected chi connectivity index (χ0v) is 11.8. The van der Waals surface area contributed by atoms with Crippen LogP contribution in [0.3, 0.4) is 0 Å². The van der Waals surface area contributed by atoms with Crippen LogP contribution in [0.4, 0.5) is 5.69 Å². The number of hydrogen-bond donors (Lipinski definition) is 2. The van der Waals surface area contributed by atoms with Crippen LogP contribution in [0.2, 0.25) is 0 Å². The Kier molecular flexibility index (Phi) is 4.28. The van der Waals surface area contributed by atoms with E-state index in [2.05, 4.69) is 15.4 Å². The summed E-state index contributed by atoms with van der Waals surface area (Å²) >= 11 is 1.45. The molecule has 0 fully saturated rings. The van der Waals surface area contributed by atoms with Gasteiger partial charge in [0.15, 0.2) is 0 Å². The van der Waals surface area contributed by atoms with E-state index in [0.717, 1.165) is 5.01 Å². The summed E-state index contributed by atoms with van der Waals surface area (Å²) in [7, 11) is 0. The first-order valence-corrected chi connectivity index (χ1v) is 6.98. The van der Waals surface area contributed by atoms with Gasteiger partial charge >= 0.3 is 0 Å². The lowest BCUT2D eigenvalue weighted by atomic mass is 10.4. The van der Waals surface area contributed by atoms with Crippen molar-refractivity contribution in [2.24, 2.45) is 5.73 Å². The van der Waals surface area contributed by atoms with Crippen molar-refractivity contribution in [2.75, 3.05) is 11.9 Å². The Labute approximate surface area is 115 Å². The summed E-state index contributed by atoms with van der Waals surface area (Å²) in [6.45, 7) is 4.59. The molecule has 19 heavy (non-hydrogen) atoms. The first-order chi connectivity index (χ1) is 9.10. The number of carbonyl (C=O) groups is 1. The highest BCUT2D eigenvalue weighted by Gasteiger charge is 2.12. The van der Waals surface area contributed by atoms with Gasteiger partial charge in [0.1, 0.15) is 5.69 Å². The molecule has 0 unspecified atom stereocenters. The summed E-state index contributed by atoms with van der Waals surface area (Å²) < 4.78 is 1.79. The fourth-order valence-corrected chi connectivity index (χ4v) is 2.33. The van der Waals surface area contributed by atoms with Crippen LogP contribution < -0.4 is 11.1 Å². The van der Waals surface area contributed by atoms with E-state index in [4.69, 9.17) is 5.73 Å². The Bertz CT molecular complexity index is 560. The largest absolute Gasteiger partial charge is 0.330 e. The maximum atomic E-state index is 12.0. The summed E-state index contributed by atoms with van der Waals surface area (Å²) in [6, 6.07) is 0.265. The molecular formula is C12H17N5OS. The molecule has 2 heterocycles. The van der Waals surface area contributed by atoms with E-state index in [1.807, 2.05) is 13.8 Å². The van der Waals surface area contributed by atoms with Gasteiger partial charge in [0.05, 0.1) is 16.9 Å². The van der Waals surface area contributed by atoms with Crippen molar-refractivity contribution in [3.8, 4) is 0 Å². The van der Waals surface area contributed by atoms with Crippen LogP contribution in [-0.2, 0) is 6.42 Å². The monoisotopic (exact) mass is 279 g/mol. The Balaban J connectivity index is 2.02. The van der Waals surface area contributed by atoms with Gasteiger partial charge in [-0.15, -0.1) is 11.3 Å². The van der Waals surface area contributed by atoms with Gasteiger partial charge in [0, 0.05) is 24.0 Å². The van der Waals surface area contributed by atoms with Gasteiger partial charge in [-0.05, 0) is 20.4 Å². The molecule has 7 heteroatoms. The number of nitrogens with zero attached hydrogens (tertiary/aromatic N) is 3. The molecule has 1 amide bonds. The van der Waals surface area contributed by atoms with Crippen molar-refractivity contribution in [1.82, 2.24) is 14.8 Å². The zero-order chi connectivity index (χ0) is 13.8. The lowest BCUT2D eigenvalue weighted by molar-refractivity contribution is 0.102. The molecule has 0 bridgehead atoms. The SMILES string of the molecule is CC(C)n1cc(NC(=O)c2csc(CCN)n2)cn1. The van der Waals surface area contributed by atoms with E-state index in [1.54, 1.807) is 22.5 Å². The second-order valence-electron chi connectivity index (χ2n) is 4.42. The van der Waals surface area contributed by atoms with Crippen molar-refractivity contribution in [3.05, 3.63) is 28.5 Å². The summed E-state index contributed by atoms with van der Waals surface area (Å²) in [5.74, 6) is -0.220. The smallest absolute Gasteiger partial charge is 0.275 e. The van der Waals surface area contributed by atoms with Crippen LogP contribution in [0.25, 0.3) is 0 Å². The van der Waals surface area contributed by atoms with Gasteiger partial charge in [0.2, 0.25) is 0 Å². The number of thiazole rings is 1. The second kappa shape index (κ2) is 5.94. The molecule has 0 atom stereocenters. The quantitative estimate of drug-likeness (QED) is 0.871. The molecule has 0 saturated carbocycles. The average molecular weight is 279 g/mol. The van der Waals surface area contributed by atoms with E-state index in [1.165, 1.54) is 11.3 Å². The molecule has 2 aromatic heterocycles. The Morgan fingerprint density at radius 2 is 2.37 bits per heavy atom. The van der Waals surface area contributed by atoms with E-state index >= 15 is 0 Å². The number of nitrogens with two attached hydrogens (primary N) is 1.